The Kier molecular flexibility index (Phi) is 6.02. The fraction of sp³-hybridized carbons (Fsp3) is 0.286. The van der Waals surface area contributed by atoms with Gasteiger partial charge in [-0.1, -0.05) is 30.3 Å². The second-order valence-corrected chi connectivity index (χ2v) is 7.38. The Morgan fingerprint density at radius 2 is 1.93 bits per heavy atom. The molecule has 2 atom stereocenters. The Morgan fingerprint density at radius 3 is 2.57 bits per heavy atom. The predicted molar refractivity (Wildman–Crippen MR) is 106 cm³/mol. The standard InChI is InChI=1S/C21H23FN4O4/c1-21(15-7-5-4-6-8-15)19(28)26(20(29)23-21)24-18(27)13-25(2)12-14-9-10-17(30-3)16(22)11-14/h4-11H,12-13H2,1-3H3,(H,23,29)(H,24,27)/p+1/t21-/m1/s1. The largest absolute Gasteiger partial charge is 0.494 e. The smallest absolute Gasteiger partial charge is 0.344 e. The molecule has 0 aliphatic carbocycles. The van der Waals surface area contributed by atoms with Crippen LogP contribution in [-0.2, 0) is 21.7 Å². The number of nitrogens with one attached hydrogen (secondary N) is 3. The average molecular weight is 415 g/mol. The van der Waals surface area contributed by atoms with Gasteiger partial charge in [-0.2, -0.15) is 5.01 Å². The number of rotatable bonds is 7. The number of likely N-dealkylation sites (N-methyl/N-ethyl adjacent to an activating group) is 1. The number of ether oxygens (including phenoxy) is 1. The van der Waals surface area contributed by atoms with Crippen molar-refractivity contribution in [1.29, 1.82) is 0 Å². The Balaban J connectivity index is 1.61. The van der Waals surface area contributed by atoms with Crippen molar-refractivity contribution in [3.05, 3.63) is 65.5 Å². The van der Waals surface area contributed by atoms with Crippen LogP contribution in [0.4, 0.5) is 9.18 Å². The van der Waals surface area contributed by atoms with Crippen LogP contribution in [-0.4, -0.2) is 43.6 Å². The van der Waals surface area contributed by atoms with Crippen LogP contribution in [0, 0.1) is 5.82 Å². The van der Waals surface area contributed by atoms with Crippen molar-refractivity contribution in [3.8, 4) is 5.75 Å². The van der Waals surface area contributed by atoms with Gasteiger partial charge in [-0.25, -0.2) is 9.18 Å². The first kappa shape index (κ1) is 21.3. The number of carbonyl (C=O) groups excluding carboxylic acids is 3. The van der Waals surface area contributed by atoms with Crippen molar-refractivity contribution in [3.63, 3.8) is 0 Å². The van der Waals surface area contributed by atoms with Crippen molar-refractivity contribution in [2.45, 2.75) is 19.0 Å². The molecule has 0 bridgehead atoms. The van der Waals surface area contributed by atoms with Gasteiger partial charge in [-0.05, 0) is 30.7 Å². The number of imide groups is 1. The topological polar surface area (TPSA) is 92.2 Å². The van der Waals surface area contributed by atoms with E-state index in [0.717, 1.165) is 4.90 Å². The van der Waals surface area contributed by atoms with Crippen LogP contribution >= 0.6 is 0 Å². The van der Waals surface area contributed by atoms with Gasteiger partial charge in [0.1, 0.15) is 12.1 Å². The molecule has 3 N–H and O–H groups in total. The third-order valence-electron chi connectivity index (χ3n) is 4.96. The molecule has 158 valence electrons. The van der Waals surface area contributed by atoms with Gasteiger partial charge in [0.2, 0.25) is 0 Å². The highest BCUT2D eigenvalue weighted by Gasteiger charge is 2.50. The molecular weight excluding hydrogens is 391 g/mol. The molecule has 0 spiro atoms. The highest BCUT2D eigenvalue weighted by atomic mass is 19.1. The number of methoxy groups -OCH3 is 1. The molecule has 1 saturated heterocycles. The van der Waals surface area contributed by atoms with Gasteiger partial charge >= 0.3 is 6.03 Å². The lowest BCUT2D eigenvalue weighted by atomic mass is 9.92. The van der Waals surface area contributed by atoms with E-state index in [0.29, 0.717) is 22.7 Å². The number of benzene rings is 2. The molecule has 1 aliphatic heterocycles. The number of nitrogens with zero attached hydrogens (tertiary/aromatic N) is 1. The fourth-order valence-corrected chi connectivity index (χ4v) is 3.38. The molecule has 0 saturated carbocycles. The van der Waals surface area contributed by atoms with Crippen LogP contribution in [0.2, 0.25) is 0 Å². The van der Waals surface area contributed by atoms with Crippen LogP contribution in [0.5, 0.6) is 5.75 Å². The number of quaternary nitrogens is 1. The maximum atomic E-state index is 13.8. The van der Waals surface area contributed by atoms with Crippen LogP contribution in [0.1, 0.15) is 18.1 Å². The minimum atomic E-state index is -1.26. The Labute approximate surface area is 173 Å². The Morgan fingerprint density at radius 1 is 1.23 bits per heavy atom. The second kappa shape index (κ2) is 8.50. The molecule has 1 unspecified atom stereocenters. The zero-order chi connectivity index (χ0) is 21.9. The van der Waals surface area contributed by atoms with Crippen LogP contribution in [0.25, 0.3) is 0 Å². The molecule has 1 aliphatic rings. The third kappa shape index (κ3) is 4.25. The van der Waals surface area contributed by atoms with Gasteiger partial charge in [0.15, 0.2) is 18.1 Å². The van der Waals surface area contributed by atoms with Gasteiger partial charge in [-0.15, -0.1) is 0 Å². The van der Waals surface area contributed by atoms with E-state index in [-0.39, 0.29) is 12.3 Å². The summed E-state index contributed by atoms with van der Waals surface area (Å²) in [7, 11) is 3.14. The van der Waals surface area contributed by atoms with E-state index in [1.165, 1.54) is 19.2 Å². The van der Waals surface area contributed by atoms with Crippen LogP contribution < -0.4 is 20.4 Å². The van der Waals surface area contributed by atoms with Crippen LogP contribution in [0.15, 0.2) is 48.5 Å². The average Bonchev–Trinajstić information content (AvgIpc) is 2.92. The van der Waals surface area contributed by atoms with Crippen molar-refractivity contribution < 1.29 is 28.4 Å². The summed E-state index contributed by atoms with van der Waals surface area (Å²) in [6.07, 6.45) is 0. The number of hydrazine groups is 1. The van der Waals surface area contributed by atoms with E-state index in [9.17, 15) is 18.8 Å². The van der Waals surface area contributed by atoms with Crippen molar-refractivity contribution in [1.82, 2.24) is 15.8 Å². The zero-order valence-corrected chi connectivity index (χ0v) is 17.0. The summed E-state index contributed by atoms with van der Waals surface area (Å²) in [4.78, 5) is 38.3. The number of halogens is 1. The van der Waals surface area contributed by atoms with Gasteiger partial charge in [0.25, 0.3) is 11.8 Å². The van der Waals surface area contributed by atoms with E-state index in [1.807, 2.05) is 0 Å². The summed E-state index contributed by atoms with van der Waals surface area (Å²) in [5, 5.41) is 3.33. The molecule has 3 rings (SSSR count). The lowest BCUT2D eigenvalue weighted by molar-refractivity contribution is -0.885. The first-order valence-electron chi connectivity index (χ1n) is 9.40. The minimum Gasteiger partial charge on any atom is -0.494 e. The SMILES string of the molecule is COc1ccc(C[NH+](C)CC(=O)NN2C(=O)N[C@](C)(c3ccccc3)C2=O)cc1F. The lowest BCUT2D eigenvalue weighted by Crippen LogP contribution is -3.09. The van der Waals surface area contributed by atoms with Crippen molar-refractivity contribution in [2.24, 2.45) is 0 Å². The van der Waals surface area contributed by atoms with Crippen LogP contribution in [0.3, 0.4) is 0 Å². The monoisotopic (exact) mass is 415 g/mol. The number of hydrogen-bond acceptors (Lipinski definition) is 4. The molecule has 9 heteroatoms. The first-order chi connectivity index (χ1) is 14.2. The molecule has 0 radical (unpaired) electrons. The fourth-order valence-electron chi connectivity index (χ4n) is 3.38. The number of hydrogen-bond donors (Lipinski definition) is 3. The molecule has 8 nitrogen and oxygen atoms in total. The minimum absolute atomic E-state index is 0.0211. The third-order valence-corrected chi connectivity index (χ3v) is 4.96. The maximum Gasteiger partial charge on any atom is 0.344 e. The maximum absolute atomic E-state index is 13.8. The van der Waals surface area contributed by atoms with E-state index < -0.39 is 29.2 Å². The molecule has 2 aromatic carbocycles. The molecule has 2 aromatic rings. The van der Waals surface area contributed by atoms with Gasteiger partial charge in [-0.3, -0.25) is 15.0 Å². The zero-order valence-electron chi connectivity index (χ0n) is 17.0. The number of urea groups is 1. The normalized spacial score (nSPS) is 19.4. The second-order valence-electron chi connectivity index (χ2n) is 7.38. The summed E-state index contributed by atoms with van der Waals surface area (Å²) in [6.45, 7) is 1.94. The van der Waals surface area contributed by atoms with Crippen molar-refractivity contribution >= 4 is 17.8 Å². The van der Waals surface area contributed by atoms with E-state index >= 15 is 0 Å². The quantitative estimate of drug-likeness (QED) is 0.569. The summed E-state index contributed by atoms with van der Waals surface area (Å²) >= 11 is 0. The highest BCUT2D eigenvalue weighted by molar-refractivity contribution is 6.08. The van der Waals surface area contributed by atoms with E-state index in [2.05, 4.69) is 10.7 Å². The summed E-state index contributed by atoms with van der Waals surface area (Å²) < 4.78 is 18.7. The summed E-state index contributed by atoms with van der Waals surface area (Å²) in [5.41, 5.74) is 2.41. The lowest BCUT2D eigenvalue weighted by Gasteiger charge is -2.22. The first-order valence-corrected chi connectivity index (χ1v) is 9.40. The summed E-state index contributed by atoms with van der Waals surface area (Å²) in [5.74, 6) is -1.41. The van der Waals surface area contributed by atoms with Crippen molar-refractivity contribution in [2.75, 3.05) is 20.7 Å². The molecule has 0 aromatic heterocycles. The number of carbonyl (C=O) groups is 3. The van der Waals surface area contributed by atoms with Gasteiger partial charge < -0.3 is 15.0 Å². The molecule has 1 fully saturated rings. The van der Waals surface area contributed by atoms with Gasteiger partial charge in [0.05, 0.1) is 14.2 Å². The van der Waals surface area contributed by atoms with E-state index in [4.69, 9.17) is 4.74 Å². The highest BCUT2D eigenvalue weighted by Crippen LogP contribution is 2.27. The van der Waals surface area contributed by atoms with Gasteiger partial charge in [0, 0.05) is 5.56 Å². The molecule has 4 amide bonds. The Hall–Kier alpha value is -3.46. The predicted octanol–water partition coefficient (Wildman–Crippen LogP) is 0.347. The number of amides is 4. The van der Waals surface area contributed by atoms with E-state index in [1.54, 1.807) is 50.4 Å². The molecule has 30 heavy (non-hydrogen) atoms. The molecule has 1 heterocycles. The Bertz CT molecular complexity index is 969. The summed E-state index contributed by atoms with van der Waals surface area (Å²) in [6, 6.07) is 12.7. The molecular formula is C21H24FN4O4+.